The molecule has 5 nitrogen and oxygen atoms in total. The molecule has 1 saturated heterocycles. The molecule has 3 aromatic rings. The van der Waals surface area contributed by atoms with Crippen LogP contribution < -0.4 is 9.64 Å². The number of nitrogens with one attached hydrogen (secondary N) is 1. The fraction of sp³-hybridized carbons (Fsp3) is 0.316. The predicted molar refractivity (Wildman–Crippen MR) is 101 cm³/mol. The van der Waals surface area contributed by atoms with Gasteiger partial charge in [-0.15, -0.1) is 0 Å². The second-order valence-electron chi connectivity index (χ2n) is 5.96. The maximum Gasteiger partial charge on any atom is 0.142 e. The number of benzene rings is 2. The van der Waals surface area contributed by atoms with E-state index < -0.39 is 0 Å². The van der Waals surface area contributed by atoms with Crippen molar-refractivity contribution in [3.8, 4) is 17.1 Å². The molecule has 0 aliphatic carbocycles. The van der Waals surface area contributed by atoms with Gasteiger partial charge in [-0.1, -0.05) is 11.6 Å². The largest absolute Gasteiger partial charge is 0.492 e. The summed E-state index contributed by atoms with van der Waals surface area (Å²) in [6, 6.07) is 11.9. The van der Waals surface area contributed by atoms with Gasteiger partial charge in [0.15, 0.2) is 0 Å². The van der Waals surface area contributed by atoms with Crippen LogP contribution >= 0.6 is 11.6 Å². The molecule has 0 radical (unpaired) electrons. The number of anilines is 1. The van der Waals surface area contributed by atoms with Crippen molar-refractivity contribution < 1.29 is 9.47 Å². The van der Waals surface area contributed by atoms with Crippen LogP contribution in [0.1, 0.15) is 6.92 Å². The monoisotopic (exact) mass is 357 g/mol. The van der Waals surface area contributed by atoms with Gasteiger partial charge in [-0.3, -0.25) is 0 Å². The average molecular weight is 358 g/mol. The van der Waals surface area contributed by atoms with E-state index in [9.17, 15) is 0 Å². The number of imidazole rings is 1. The minimum Gasteiger partial charge on any atom is -0.492 e. The van der Waals surface area contributed by atoms with Crippen molar-refractivity contribution in [2.45, 2.75) is 6.92 Å². The maximum atomic E-state index is 6.07. The van der Waals surface area contributed by atoms with Crippen LogP contribution in [0.15, 0.2) is 36.4 Å². The van der Waals surface area contributed by atoms with Gasteiger partial charge in [0.2, 0.25) is 0 Å². The summed E-state index contributed by atoms with van der Waals surface area (Å²) in [6.07, 6.45) is 0. The molecule has 1 fully saturated rings. The molecule has 1 aromatic heterocycles. The Labute approximate surface area is 151 Å². The highest BCUT2D eigenvalue weighted by atomic mass is 35.5. The van der Waals surface area contributed by atoms with E-state index in [2.05, 4.69) is 20.9 Å². The highest BCUT2D eigenvalue weighted by molar-refractivity contribution is 6.31. The Hall–Kier alpha value is -2.24. The van der Waals surface area contributed by atoms with E-state index in [1.54, 1.807) is 0 Å². The first-order valence-electron chi connectivity index (χ1n) is 8.50. The fourth-order valence-electron chi connectivity index (χ4n) is 3.11. The van der Waals surface area contributed by atoms with Crippen molar-refractivity contribution in [2.75, 3.05) is 37.8 Å². The number of aromatic amines is 1. The molecule has 130 valence electrons. The van der Waals surface area contributed by atoms with Crippen molar-refractivity contribution in [1.82, 2.24) is 9.97 Å². The molecule has 0 unspecified atom stereocenters. The number of hydrogen-bond acceptors (Lipinski definition) is 4. The number of ether oxygens (including phenoxy) is 2. The molecule has 1 aliphatic heterocycles. The molecular weight excluding hydrogens is 338 g/mol. The van der Waals surface area contributed by atoms with Crippen LogP contribution in [-0.2, 0) is 4.74 Å². The number of rotatable bonds is 4. The predicted octanol–water partition coefficient (Wildman–Crippen LogP) is 4.12. The van der Waals surface area contributed by atoms with Crippen molar-refractivity contribution in [3.05, 3.63) is 41.4 Å². The Bertz CT molecular complexity index is 888. The summed E-state index contributed by atoms with van der Waals surface area (Å²) in [5, 5.41) is 0.698. The molecule has 6 heteroatoms. The Kier molecular flexibility index (Phi) is 4.51. The summed E-state index contributed by atoms with van der Waals surface area (Å²) in [5.74, 6) is 1.72. The van der Waals surface area contributed by atoms with Crippen molar-refractivity contribution in [1.29, 1.82) is 0 Å². The van der Waals surface area contributed by atoms with E-state index >= 15 is 0 Å². The normalized spacial score (nSPS) is 14.9. The summed E-state index contributed by atoms with van der Waals surface area (Å²) in [6.45, 7) is 5.83. The second kappa shape index (κ2) is 6.94. The summed E-state index contributed by atoms with van der Waals surface area (Å²) >= 11 is 6.07. The van der Waals surface area contributed by atoms with E-state index in [1.807, 2.05) is 37.3 Å². The molecule has 0 amide bonds. The second-order valence-corrected chi connectivity index (χ2v) is 6.40. The number of morpholine rings is 1. The molecule has 0 spiro atoms. The minimum absolute atomic E-state index is 0.639. The molecule has 1 N–H and O–H groups in total. The molecule has 0 bridgehead atoms. The quantitative estimate of drug-likeness (QED) is 0.763. The zero-order valence-electron chi connectivity index (χ0n) is 14.1. The molecule has 2 heterocycles. The molecule has 25 heavy (non-hydrogen) atoms. The van der Waals surface area contributed by atoms with Gasteiger partial charge in [0, 0.05) is 23.7 Å². The van der Waals surface area contributed by atoms with Crippen molar-refractivity contribution in [3.63, 3.8) is 0 Å². The zero-order chi connectivity index (χ0) is 17.2. The summed E-state index contributed by atoms with van der Waals surface area (Å²) in [4.78, 5) is 10.3. The van der Waals surface area contributed by atoms with Crippen LogP contribution in [0.3, 0.4) is 0 Å². The van der Waals surface area contributed by atoms with E-state index in [-0.39, 0.29) is 0 Å². The van der Waals surface area contributed by atoms with E-state index in [4.69, 9.17) is 21.1 Å². The standard InChI is InChI=1S/C19H20ClN3O2/c1-2-25-18-6-3-13(11-17(18)23-7-9-24-10-8-23)19-21-15-5-4-14(20)12-16(15)22-19/h3-6,11-12H,2,7-10H2,1H3,(H,21,22). The van der Waals surface area contributed by atoms with Gasteiger partial charge in [-0.25, -0.2) is 4.98 Å². The molecule has 0 saturated carbocycles. The number of fused-ring (bicyclic) bond motifs is 1. The van der Waals surface area contributed by atoms with Crippen LogP contribution in [0.2, 0.25) is 5.02 Å². The fourth-order valence-corrected chi connectivity index (χ4v) is 3.28. The van der Waals surface area contributed by atoms with E-state index in [0.717, 1.165) is 60.2 Å². The smallest absolute Gasteiger partial charge is 0.142 e. The summed E-state index contributed by atoms with van der Waals surface area (Å²) in [7, 11) is 0. The van der Waals surface area contributed by atoms with Crippen LogP contribution in [0.4, 0.5) is 5.69 Å². The van der Waals surface area contributed by atoms with Crippen molar-refractivity contribution >= 4 is 28.3 Å². The highest BCUT2D eigenvalue weighted by Crippen LogP contribution is 2.34. The van der Waals surface area contributed by atoms with Crippen LogP contribution in [0, 0.1) is 0 Å². The molecule has 0 atom stereocenters. The third-order valence-electron chi connectivity index (χ3n) is 4.33. The van der Waals surface area contributed by atoms with Crippen LogP contribution in [0.5, 0.6) is 5.75 Å². The number of H-pyrrole nitrogens is 1. The Morgan fingerprint density at radius 3 is 2.84 bits per heavy atom. The third kappa shape index (κ3) is 3.30. The van der Waals surface area contributed by atoms with Gasteiger partial charge in [-0.2, -0.15) is 0 Å². The number of halogens is 1. The summed E-state index contributed by atoms with van der Waals surface area (Å²) in [5.41, 5.74) is 3.95. The highest BCUT2D eigenvalue weighted by Gasteiger charge is 2.17. The lowest BCUT2D eigenvalue weighted by Crippen LogP contribution is -2.36. The minimum atomic E-state index is 0.639. The SMILES string of the molecule is CCOc1ccc(-c2nc3ccc(Cl)cc3[nH]2)cc1N1CCOCC1. The summed E-state index contributed by atoms with van der Waals surface area (Å²) < 4.78 is 11.3. The maximum absolute atomic E-state index is 6.07. The van der Waals surface area contributed by atoms with Gasteiger partial charge in [0.1, 0.15) is 11.6 Å². The van der Waals surface area contributed by atoms with Gasteiger partial charge in [0.05, 0.1) is 36.5 Å². The Morgan fingerprint density at radius 2 is 2.04 bits per heavy atom. The first-order chi connectivity index (χ1) is 12.2. The van der Waals surface area contributed by atoms with Gasteiger partial charge < -0.3 is 19.4 Å². The first kappa shape index (κ1) is 16.2. The number of aromatic nitrogens is 2. The van der Waals surface area contributed by atoms with Gasteiger partial charge in [0.25, 0.3) is 0 Å². The molecule has 1 aliphatic rings. The lowest BCUT2D eigenvalue weighted by molar-refractivity contribution is 0.122. The average Bonchev–Trinajstić information content (AvgIpc) is 3.06. The van der Waals surface area contributed by atoms with Crippen LogP contribution in [0.25, 0.3) is 22.4 Å². The first-order valence-corrected chi connectivity index (χ1v) is 8.87. The van der Waals surface area contributed by atoms with Gasteiger partial charge in [-0.05, 0) is 43.3 Å². The zero-order valence-corrected chi connectivity index (χ0v) is 14.8. The Balaban J connectivity index is 1.75. The van der Waals surface area contributed by atoms with Crippen LogP contribution in [-0.4, -0.2) is 42.9 Å². The topological polar surface area (TPSA) is 50.4 Å². The van der Waals surface area contributed by atoms with Crippen molar-refractivity contribution in [2.24, 2.45) is 0 Å². The van der Waals surface area contributed by atoms with E-state index in [0.29, 0.717) is 11.6 Å². The molecule has 2 aromatic carbocycles. The molecular formula is C19H20ClN3O2. The van der Waals surface area contributed by atoms with E-state index in [1.165, 1.54) is 0 Å². The lowest BCUT2D eigenvalue weighted by Gasteiger charge is -2.30. The lowest BCUT2D eigenvalue weighted by atomic mass is 10.1. The van der Waals surface area contributed by atoms with Gasteiger partial charge >= 0.3 is 0 Å². The molecule has 4 rings (SSSR count). The third-order valence-corrected chi connectivity index (χ3v) is 4.56. The number of hydrogen-bond donors (Lipinski definition) is 1. The number of nitrogens with zero attached hydrogens (tertiary/aromatic N) is 2. The Morgan fingerprint density at radius 1 is 1.20 bits per heavy atom.